The van der Waals surface area contributed by atoms with Crippen molar-refractivity contribution >= 4 is 46.3 Å². The smallest absolute Gasteiger partial charge is 0.323 e. The number of rotatable bonds is 7. The number of aromatic nitrogens is 1. The van der Waals surface area contributed by atoms with E-state index in [1.165, 1.54) is 0 Å². The second kappa shape index (κ2) is 9.94. The standard InChI is InChI=1S/C24H27N3O3S2/c1-13(2)9-19-18(11-25)22(16-7-5-14(3)6-8-16)17(15(4)26-19)10-20-23(30)27(12-21(28)29)24(31)32-20/h5-8,10,13H,9,11-12,25H2,1-4H3,(H,28,29)/b20-10+. The number of carboxylic acid groups (broad SMARTS) is 1. The molecule has 8 heteroatoms. The van der Waals surface area contributed by atoms with Crippen LogP contribution in [0.3, 0.4) is 0 Å². The van der Waals surface area contributed by atoms with Crippen LogP contribution in [-0.4, -0.2) is 37.7 Å². The number of nitrogens with two attached hydrogens (primary N) is 1. The predicted molar refractivity (Wildman–Crippen MR) is 133 cm³/mol. The van der Waals surface area contributed by atoms with Crippen LogP contribution in [0.5, 0.6) is 0 Å². The first-order valence-corrected chi connectivity index (χ1v) is 11.6. The Bertz CT molecular complexity index is 1110. The van der Waals surface area contributed by atoms with Gasteiger partial charge in [0.1, 0.15) is 10.9 Å². The zero-order valence-corrected chi connectivity index (χ0v) is 20.3. The van der Waals surface area contributed by atoms with Gasteiger partial charge >= 0.3 is 5.97 Å². The Hall–Kier alpha value is -2.55. The quantitative estimate of drug-likeness (QED) is 0.461. The average Bonchev–Trinajstić information content (AvgIpc) is 2.97. The van der Waals surface area contributed by atoms with E-state index in [2.05, 4.69) is 26.0 Å². The maximum atomic E-state index is 12.9. The maximum Gasteiger partial charge on any atom is 0.323 e. The van der Waals surface area contributed by atoms with E-state index in [0.29, 0.717) is 17.4 Å². The molecular weight excluding hydrogens is 442 g/mol. The van der Waals surface area contributed by atoms with Gasteiger partial charge in [-0.3, -0.25) is 19.5 Å². The van der Waals surface area contributed by atoms with Gasteiger partial charge in [0.15, 0.2) is 0 Å². The summed E-state index contributed by atoms with van der Waals surface area (Å²) in [7, 11) is 0. The van der Waals surface area contributed by atoms with Gasteiger partial charge in [-0.25, -0.2) is 0 Å². The molecule has 1 aliphatic rings. The summed E-state index contributed by atoms with van der Waals surface area (Å²) in [5, 5.41) is 9.11. The van der Waals surface area contributed by atoms with E-state index in [0.717, 1.165) is 62.3 Å². The summed E-state index contributed by atoms with van der Waals surface area (Å²) in [6.45, 7) is 8.11. The fourth-order valence-electron chi connectivity index (χ4n) is 3.72. The number of carbonyl (C=O) groups is 2. The van der Waals surface area contributed by atoms with Gasteiger partial charge in [-0.1, -0.05) is 67.7 Å². The SMILES string of the molecule is Cc1ccc(-c2c(/C=C3/SC(=S)N(CC(=O)O)C3=O)c(C)nc(CC(C)C)c2CN)cc1. The van der Waals surface area contributed by atoms with E-state index in [9.17, 15) is 9.59 Å². The summed E-state index contributed by atoms with van der Waals surface area (Å²) in [6, 6.07) is 8.19. The zero-order valence-electron chi connectivity index (χ0n) is 18.6. The van der Waals surface area contributed by atoms with E-state index in [1.807, 2.05) is 26.0 Å². The van der Waals surface area contributed by atoms with Gasteiger partial charge in [0.2, 0.25) is 0 Å². The van der Waals surface area contributed by atoms with Crippen LogP contribution in [0.1, 0.15) is 41.9 Å². The number of aliphatic carboxylic acids is 1. The van der Waals surface area contributed by atoms with Crippen molar-refractivity contribution < 1.29 is 14.7 Å². The normalized spacial score (nSPS) is 15.3. The molecule has 1 aliphatic heterocycles. The topological polar surface area (TPSA) is 96.5 Å². The van der Waals surface area contributed by atoms with Crippen molar-refractivity contribution in [3.63, 3.8) is 0 Å². The van der Waals surface area contributed by atoms with Crippen LogP contribution >= 0.6 is 24.0 Å². The lowest BCUT2D eigenvalue weighted by Crippen LogP contribution is -2.33. The third kappa shape index (κ3) is 5.09. The summed E-state index contributed by atoms with van der Waals surface area (Å²) in [4.78, 5) is 30.4. The molecule has 32 heavy (non-hydrogen) atoms. The lowest BCUT2D eigenvalue weighted by atomic mass is 9.89. The van der Waals surface area contributed by atoms with E-state index in [4.69, 9.17) is 28.0 Å². The van der Waals surface area contributed by atoms with Crippen LogP contribution in [0, 0.1) is 19.8 Å². The number of hydrogen-bond donors (Lipinski definition) is 2. The molecule has 0 unspecified atom stereocenters. The minimum atomic E-state index is -1.11. The van der Waals surface area contributed by atoms with Crippen LogP contribution in [0.4, 0.5) is 0 Å². The molecule has 1 saturated heterocycles. The number of benzene rings is 1. The Balaban J connectivity index is 2.22. The molecule has 0 spiro atoms. The van der Waals surface area contributed by atoms with Crippen molar-refractivity contribution in [3.8, 4) is 11.1 Å². The molecule has 1 amide bonds. The van der Waals surface area contributed by atoms with Crippen molar-refractivity contribution in [1.82, 2.24) is 9.88 Å². The van der Waals surface area contributed by atoms with E-state index in [-0.39, 0.29) is 4.32 Å². The third-order valence-electron chi connectivity index (χ3n) is 5.20. The molecule has 0 aliphatic carbocycles. The number of nitrogens with zero attached hydrogens (tertiary/aromatic N) is 2. The van der Waals surface area contributed by atoms with Gasteiger partial charge < -0.3 is 10.8 Å². The first-order chi connectivity index (χ1) is 15.1. The molecule has 168 valence electrons. The molecule has 0 saturated carbocycles. The zero-order chi connectivity index (χ0) is 23.6. The number of carboxylic acids is 1. The summed E-state index contributed by atoms with van der Waals surface area (Å²) in [5.41, 5.74) is 12.8. The molecule has 0 radical (unpaired) electrons. The van der Waals surface area contributed by atoms with Crippen LogP contribution in [0.25, 0.3) is 17.2 Å². The number of pyridine rings is 1. The van der Waals surface area contributed by atoms with Crippen LogP contribution in [0.2, 0.25) is 0 Å². The van der Waals surface area contributed by atoms with Gasteiger partial charge in [0, 0.05) is 23.5 Å². The van der Waals surface area contributed by atoms with Crippen molar-refractivity contribution in [2.24, 2.45) is 11.7 Å². The van der Waals surface area contributed by atoms with Gasteiger partial charge in [-0.2, -0.15) is 0 Å². The molecule has 0 atom stereocenters. The molecule has 1 fully saturated rings. The number of hydrogen-bond acceptors (Lipinski definition) is 6. The summed E-state index contributed by atoms with van der Waals surface area (Å²) < 4.78 is 0.238. The van der Waals surface area contributed by atoms with Crippen molar-refractivity contribution in [2.45, 2.75) is 40.7 Å². The number of aryl methyl sites for hydroxylation is 2. The molecule has 0 bridgehead atoms. The lowest BCUT2D eigenvalue weighted by Gasteiger charge is -2.20. The van der Waals surface area contributed by atoms with E-state index >= 15 is 0 Å². The second-order valence-corrected chi connectivity index (χ2v) is 9.92. The Morgan fingerprint density at radius 1 is 1.28 bits per heavy atom. The van der Waals surface area contributed by atoms with Crippen LogP contribution in [0.15, 0.2) is 29.2 Å². The Labute approximate surface area is 197 Å². The monoisotopic (exact) mass is 469 g/mol. The van der Waals surface area contributed by atoms with Crippen molar-refractivity contribution in [2.75, 3.05) is 6.54 Å². The molecule has 1 aromatic heterocycles. The predicted octanol–water partition coefficient (Wildman–Crippen LogP) is 4.31. The maximum absolute atomic E-state index is 12.9. The molecule has 2 heterocycles. The van der Waals surface area contributed by atoms with Crippen LogP contribution < -0.4 is 5.73 Å². The van der Waals surface area contributed by atoms with Gasteiger partial charge in [0.05, 0.1) is 4.91 Å². The second-order valence-electron chi connectivity index (χ2n) is 8.24. The Morgan fingerprint density at radius 2 is 1.94 bits per heavy atom. The first kappa shape index (κ1) is 24.1. The summed E-state index contributed by atoms with van der Waals surface area (Å²) in [6.07, 6.45) is 2.57. The fourth-order valence-corrected chi connectivity index (χ4v) is 4.96. The highest BCUT2D eigenvalue weighted by atomic mass is 32.2. The number of carbonyl (C=O) groups excluding carboxylic acids is 1. The van der Waals surface area contributed by atoms with Gasteiger partial charge in [-0.15, -0.1) is 0 Å². The highest BCUT2D eigenvalue weighted by molar-refractivity contribution is 8.26. The number of thiocarbonyl (C=S) groups is 1. The molecule has 3 N–H and O–H groups in total. The molecular formula is C24H27N3O3S2. The highest BCUT2D eigenvalue weighted by Gasteiger charge is 2.34. The Kier molecular flexibility index (Phi) is 7.48. The van der Waals surface area contributed by atoms with Gasteiger partial charge in [-0.05, 0) is 49.0 Å². The molecule has 2 aromatic rings. The van der Waals surface area contributed by atoms with Crippen molar-refractivity contribution in [3.05, 3.63) is 57.2 Å². The lowest BCUT2D eigenvalue weighted by molar-refractivity contribution is -0.140. The van der Waals surface area contributed by atoms with Gasteiger partial charge in [0.25, 0.3) is 5.91 Å². The minimum absolute atomic E-state index is 0.238. The number of thioether (sulfide) groups is 1. The molecule has 1 aromatic carbocycles. The molecule has 6 nitrogen and oxygen atoms in total. The summed E-state index contributed by atoms with van der Waals surface area (Å²) >= 11 is 6.36. The Morgan fingerprint density at radius 3 is 2.50 bits per heavy atom. The van der Waals surface area contributed by atoms with Crippen LogP contribution in [-0.2, 0) is 22.6 Å². The molecule has 3 rings (SSSR count). The fraction of sp³-hybridized carbons (Fsp3) is 0.333. The van der Waals surface area contributed by atoms with Crippen molar-refractivity contribution in [1.29, 1.82) is 0 Å². The highest BCUT2D eigenvalue weighted by Crippen LogP contribution is 2.38. The largest absolute Gasteiger partial charge is 0.480 e. The number of amides is 1. The van der Waals surface area contributed by atoms with E-state index in [1.54, 1.807) is 6.08 Å². The summed E-state index contributed by atoms with van der Waals surface area (Å²) in [5.74, 6) is -1.10. The minimum Gasteiger partial charge on any atom is -0.480 e. The third-order valence-corrected chi connectivity index (χ3v) is 6.58. The van der Waals surface area contributed by atoms with E-state index < -0.39 is 18.4 Å². The first-order valence-electron chi connectivity index (χ1n) is 10.4. The average molecular weight is 470 g/mol.